The number of alkyl halides is 3. The first-order valence-electron chi connectivity index (χ1n) is 10.8. The average Bonchev–Trinajstić information content (AvgIpc) is 2.79. The highest BCUT2D eigenvalue weighted by Gasteiger charge is 2.31. The lowest BCUT2D eigenvalue weighted by atomic mass is 10.0. The fourth-order valence-electron chi connectivity index (χ4n) is 3.86. The maximum absolute atomic E-state index is 13.7. The lowest BCUT2D eigenvalue weighted by molar-refractivity contribution is -0.137. The number of aromatic nitrogens is 1. The number of ether oxygens (including phenoxy) is 2. The third kappa shape index (κ3) is 4.88. The minimum atomic E-state index is -4.54. The number of benzene rings is 2. The Hall–Kier alpha value is -3.49. The molecule has 1 heterocycles. The first-order chi connectivity index (χ1) is 16.0. The summed E-state index contributed by atoms with van der Waals surface area (Å²) < 4.78 is 52.0. The van der Waals surface area contributed by atoms with E-state index in [-0.39, 0.29) is 34.7 Å². The van der Waals surface area contributed by atoms with Crippen LogP contribution in [-0.2, 0) is 12.7 Å². The number of hydrogen-bond donors (Lipinski definition) is 0. The minimum Gasteiger partial charge on any atom is -0.493 e. The van der Waals surface area contributed by atoms with Crippen molar-refractivity contribution in [3.05, 3.63) is 64.1 Å². The summed E-state index contributed by atoms with van der Waals surface area (Å²) in [5.74, 6) is 0.241. The van der Waals surface area contributed by atoms with E-state index in [1.807, 2.05) is 13.8 Å². The molecule has 0 radical (unpaired) electrons. The van der Waals surface area contributed by atoms with Gasteiger partial charge in [0.15, 0.2) is 11.5 Å². The normalized spacial score (nSPS) is 11.7. The van der Waals surface area contributed by atoms with E-state index in [9.17, 15) is 22.8 Å². The van der Waals surface area contributed by atoms with E-state index in [0.717, 1.165) is 12.1 Å². The van der Waals surface area contributed by atoms with Crippen molar-refractivity contribution in [2.45, 2.75) is 33.5 Å². The second-order valence-corrected chi connectivity index (χ2v) is 8.24. The Morgan fingerprint density at radius 2 is 1.68 bits per heavy atom. The number of halogens is 3. The largest absolute Gasteiger partial charge is 0.493 e. The molecule has 0 spiro atoms. The number of hydrogen-bond acceptors (Lipinski definition) is 4. The third-order valence-electron chi connectivity index (χ3n) is 5.43. The maximum atomic E-state index is 13.7. The molecule has 182 valence electrons. The molecule has 0 N–H and O–H groups in total. The number of amides is 1. The molecular weight excluding hydrogens is 449 g/mol. The number of rotatable bonds is 7. The fourth-order valence-corrected chi connectivity index (χ4v) is 3.86. The zero-order valence-corrected chi connectivity index (χ0v) is 19.7. The van der Waals surface area contributed by atoms with Crippen molar-refractivity contribution in [2.75, 3.05) is 25.7 Å². The Bertz CT molecular complexity index is 1270. The van der Waals surface area contributed by atoms with Crippen LogP contribution in [0, 0.1) is 5.92 Å². The van der Waals surface area contributed by atoms with Crippen LogP contribution in [0.4, 0.5) is 18.9 Å². The molecule has 34 heavy (non-hydrogen) atoms. The van der Waals surface area contributed by atoms with Crippen molar-refractivity contribution in [3.63, 3.8) is 0 Å². The highest BCUT2D eigenvalue weighted by molar-refractivity contribution is 6.14. The average molecular weight is 476 g/mol. The Balaban J connectivity index is 2.26. The molecule has 6 nitrogen and oxygen atoms in total. The van der Waals surface area contributed by atoms with Gasteiger partial charge in [0.2, 0.25) is 0 Å². The van der Waals surface area contributed by atoms with Gasteiger partial charge >= 0.3 is 6.18 Å². The van der Waals surface area contributed by atoms with Gasteiger partial charge < -0.3 is 18.9 Å². The summed E-state index contributed by atoms with van der Waals surface area (Å²) in [5, 5.41) is 0.585. The van der Waals surface area contributed by atoms with Gasteiger partial charge in [-0.25, -0.2) is 0 Å². The molecule has 3 rings (SSSR count). The van der Waals surface area contributed by atoms with Gasteiger partial charge in [0.05, 0.1) is 30.7 Å². The molecule has 0 unspecified atom stereocenters. The first kappa shape index (κ1) is 25.1. The summed E-state index contributed by atoms with van der Waals surface area (Å²) in [6.45, 7) is 6.03. The van der Waals surface area contributed by atoms with E-state index in [4.69, 9.17) is 9.47 Å². The fraction of sp³-hybridized carbons (Fsp3) is 0.360. The molecule has 1 amide bonds. The number of methoxy groups -OCH3 is 2. The first-order valence-corrected chi connectivity index (χ1v) is 10.8. The van der Waals surface area contributed by atoms with Crippen LogP contribution in [-0.4, -0.2) is 31.2 Å². The lowest BCUT2D eigenvalue weighted by Gasteiger charge is -2.24. The standard InChI is InChI=1S/C25H27F3N2O4/c1-6-30(17-9-7-8-16(10-17)25(26,27)28)24(32)20-14-29(13-15(2)3)23(31)19-12-22(34-5)21(33-4)11-18(19)20/h7-12,14-15H,6,13H2,1-5H3. The van der Waals surface area contributed by atoms with Crippen molar-refractivity contribution >= 4 is 22.4 Å². The molecule has 2 aromatic carbocycles. The summed E-state index contributed by atoms with van der Waals surface area (Å²) in [4.78, 5) is 28.2. The van der Waals surface area contributed by atoms with E-state index >= 15 is 0 Å². The quantitative estimate of drug-likeness (QED) is 0.461. The molecule has 0 saturated carbocycles. The van der Waals surface area contributed by atoms with E-state index in [0.29, 0.717) is 23.4 Å². The molecule has 1 aromatic heterocycles. The highest BCUT2D eigenvalue weighted by atomic mass is 19.4. The van der Waals surface area contributed by atoms with Crippen molar-refractivity contribution in [1.82, 2.24) is 4.57 Å². The van der Waals surface area contributed by atoms with Crippen LogP contribution in [0.3, 0.4) is 0 Å². The van der Waals surface area contributed by atoms with Gasteiger partial charge in [0.1, 0.15) is 0 Å². The van der Waals surface area contributed by atoms with Crippen molar-refractivity contribution in [1.29, 1.82) is 0 Å². The number of pyridine rings is 1. The second kappa shape index (κ2) is 9.79. The van der Waals surface area contributed by atoms with E-state index in [1.165, 1.54) is 48.1 Å². The molecule has 0 atom stereocenters. The van der Waals surface area contributed by atoms with Gasteiger partial charge in [-0.05, 0) is 43.2 Å². The maximum Gasteiger partial charge on any atom is 0.416 e. The molecule has 9 heteroatoms. The highest BCUT2D eigenvalue weighted by Crippen LogP contribution is 2.35. The van der Waals surface area contributed by atoms with Gasteiger partial charge in [0, 0.05) is 30.4 Å². The van der Waals surface area contributed by atoms with Crippen molar-refractivity contribution in [2.24, 2.45) is 5.92 Å². The number of fused-ring (bicyclic) bond motifs is 1. The van der Waals surface area contributed by atoms with Crippen LogP contribution in [0.5, 0.6) is 11.5 Å². The molecule has 0 saturated heterocycles. The number of nitrogens with zero attached hydrogens (tertiary/aromatic N) is 2. The number of anilines is 1. The molecular formula is C25H27F3N2O4. The third-order valence-corrected chi connectivity index (χ3v) is 5.43. The Kier molecular flexibility index (Phi) is 7.24. The monoisotopic (exact) mass is 476 g/mol. The molecule has 0 fully saturated rings. The minimum absolute atomic E-state index is 0.109. The summed E-state index contributed by atoms with van der Waals surface area (Å²) in [6, 6.07) is 7.67. The second-order valence-electron chi connectivity index (χ2n) is 8.24. The Morgan fingerprint density at radius 3 is 2.21 bits per heavy atom. The Morgan fingerprint density at radius 1 is 1.06 bits per heavy atom. The topological polar surface area (TPSA) is 60.8 Å². The Labute approximate surface area is 195 Å². The molecule has 0 aliphatic heterocycles. The van der Waals surface area contributed by atoms with E-state index < -0.39 is 17.6 Å². The number of carbonyl (C=O) groups is 1. The van der Waals surface area contributed by atoms with E-state index in [1.54, 1.807) is 13.0 Å². The van der Waals surface area contributed by atoms with Gasteiger partial charge in [-0.3, -0.25) is 9.59 Å². The van der Waals surface area contributed by atoms with Gasteiger partial charge in [0.25, 0.3) is 11.5 Å². The van der Waals surface area contributed by atoms with Gasteiger partial charge in [-0.2, -0.15) is 13.2 Å². The summed E-state index contributed by atoms with van der Waals surface area (Å²) in [6.07, 6.45) is -3.07. The SMILES string of the molecule is CCN(C(=O)c1cn(CC(C)C)c(=O)c2cc(OC)c(OC)cc12)c1cccc(C(F)(F)F)c1. The number of carbonyl (C=O) groups excluding carboxylic acids is 1. The predicted molar refractivity (Wildman–Crippen MR) is 125 cm³/mol. The summed E-state index contributed by atoms with van der Waals surface area (Å²) in [7, 11) is 2.88. The molecule has 0 aliphatic carbocycles. The lowest BCUT2D eigenvalue weighted by Crippen LogP contribution is -2.33. The zero-order valence-electron chi connectivity index (χ0n) is 19.7. The molecule has 0 aliphatic rings. The summed E-state index contributed by atoms with van der Waals surface area (Å²) in [5.41, 5.74) is -0.867. The van der Waals surface area contributed by atoms with Gasteiger partial charge in [-0.15, -0.1) is 0 Å². The van der Waals surface area contributed by atoms with Crippen molar-refractivity contribution < 1.29 is 27.4 Å². The smallest absolute Gasteiger partial charge is 0.416 e. The summed E-state index contributed by atoms with van der Waals surface area (Å²) >= 11 is 0. The predicted octanol–water partition coefficient (Wildman–Crippen LogP) is 5.36. The van der Waals surface area contributed by atoms with E-state index in [2.05, 4.69) is 0 Å². The van der Waals surface area contributed by atoms with Crippen molar-refractivity contribution in [3.8, 4) is 11.5 Å². The van der Waals surface area contributed by atoms with Crippen LogP contribution in [0.15, 0.2) is 47.4 Å². The van der Waals surface area contributed by atoms with Gasteiger partial charge in [-0.1, -0.05) is 19.9 Å². The molecule has 0 bridgehead atoms. The van der Waals surface area contributed by atoms with Crippen LogP contribution in [0.25, 0.3) is 10.8 Å². The van der Waals surface area contributed by atoms with Crippen LogP contribution >= 0.6 is 0 Å². The zero-order chi connectivity index (χ0) is 25.2. The van der Waals surface area contributed by atoms with Crippen LogP contribution < -0.4 is 19.9 Å². The van der Waals surface area contributed by atoms with Crippen LogP contribution in [0.2, 0.25) is 0 Å². The molecule has 3 aromatic rings. The van der Waals surface area contributed by atoms with Crippen LogP contribution in [0.1, 0.15) is 36.7 Å².